The summed E-state index contributed by atoms with van der Waals surface area (Å²) in [5.41, 5.74) is 0. The maximum atomic E-state index is 8.20. The second kappa shape index (κ2) is 2.74. The van der Waals surface area contributed by atoms with Gasteiger partial charge in [0.2, 0.25) is 10.9 Å². The van der Waals surface area contributed by atoms with Gasteiger partial charge < -0.3 is 0 Å². The highest BCUT2D eigenvalue weighted by Gasteiger charge is 2.15. The molecule has 3 N–H and O–H groups in total. The Bertz CT molecular complexity index is 86.8. The van der Waals surface area contributed by atoms with Crippen molar-refractivity contribution in [3.8, 4) is 0 Å². The standard InChI is InChI=1S/C2H8O3PS/c1-2-7-6(3,4)5/h3-5H,2H2,1H3/q+1. The molecule has 7 heavy (non-hydrogen) atoms. The van der Waals surface area contributed by atoms with E-state index in [0.717, 1.165) is 10.9 Å². The molecule has 0 aliphatic heterocycles. The van der Waals surface area contributed by atoms with E-state index >= 15 is 0 Å². The first-order valence-corrected chi connectivity index (χ1v) is 5.02. The van der Waals surface area contributed by atoms with Crippen LogP contribution in [0.15, 0.2) is 0 Å². The molecule has 0 aromatic heterocycles. The maximum Gasteiger partial charge on any atom is 0.515 e. The first kappa shape index (κ1) is 7.53. The van der Waals surface area contributed by atoms with E-state index < -0.39 is 6.72 Å². The molecule has 0 spiro atoms. The van der Waals surface area contributed by atoms with Crippen LogP contribution < -0.4 is 0 Å². The smallest absolute Gasteiger partial charge is 0.290 e. The van der Waals surface area contributed by atoms with Crippen LogP contribution in [-0.2, 0) is 10.9 Å². The lowest BCUT2D eigenvalue weighted by Gasteiger charge is -1.82. The summed E-state index contributed by atoms with van der Waals surface area (Å²) >= 11 is 0. The Kier molecular flexibility index (Phi) is 2.95. The third kappa shape index (κ3) is 6.53. The Hall–Kier alpha value is 0.530. The van der Waals surface area contributed by atoms with Crippen molar-refractivity contribution in [1.82, 2.24) is 0 Å². The van der Waals surface area contributed by atoms with Gasteiger partial charge in [0.1, 0.15) is 0 Å². The van der Waals surface area contributed by atoms with Crippen molar-refractivity contribution in [2.75, 3.05) is 5.75 Å². The zero-order valence-electron chi connectivity index (χ0n) is 3.90. The van der Waals surface area contributed by atoms with Crippen LogP contribution in [0.3, 0.4) is 0 Å². The maximum absolute atomic E-state index is 8.20. The van der Waals surface area contributed by atoms with Gasteiger partial charge in [0.25, 0.3) is 0 Å². The Morgan fingerprint density at radius 3 is 1.86 bits per heavy atom. The molecule has 0 heterocycles. The summed E-state index contributed by atoms with van der Waals surface area (Å²) in [5.74, 6) is 0.525. The van der Waals surface area contributed by atoms with Crippen LogP contribution in [0, 0.1) is 0 Å². The summed E-state index contributed by atoms with van der Waals surface area (Å²) in [6.45, 7) is -1.76. The van der Waals surface area contributed by atoms with Crippen LogP contribution in [0.25, 0.3) is 0 Å². The summed E-state index contributed by atoms with van der Waals surface area (Å²) in [6.07, 6.45) is 0. The summed E-state index contributed by atoms with van der Waals surface area (Å²) in [4.78, 5) is 24.6. The van der Waals surface area contributed by atoms with E-state index in [2.05, 4.69) is 0 Å². The van der Waals surface area contributed by atoms with Gasteiger partial charge in [0, 0.05) is 0 Å². The lowest BCUT2D eigenvalue weighted by Crippen LogP contribution is -1.77. The number of hydrogen-bond acceptors (Lipinski definition) is 0. The monoisotopic (exact) mass is 143 g/mol. The molecule has 0 amide bonds. The molecular weight excluding hydrogens is 135 g/mol. The number of hydrogen-bond donors (Lipinski definition) is 3. The fourth-order valence-corrected chi connectivity index (χ4v) is 1.56. The van der Waals surface area contributed by atoms with Crippen LogP contribution in [0.4, 0.5) is 0 Å². The quantitative estimate of drug-likeness (QED) is 0.350. The first-order chi connectivity index (χ1) is 3.06. The van der Waals surface area contributed by atoms with Gasteiger partial charge in [-0.2, -0.15) is 0 Å². The van der Waals surface area contributed by atoms with Crippen LogP contribution in [0.1, 0.15) is 6.92 Å². The highest BCUT2D eigenvalue weighted by atomic mass is 32.5. The van der Waals surface area contributed by atoms with E-state index in [-0.39, 0.29) is 0 Å². The predicted molar refractivity (Wildman–Crippen MR) is 31.5 cm³/mol. The van der Waals surface area contributed by atoms with E-state index in [1.165, 1.54) is 0 Å². The van der Waals surface area contributed by atoms with Crippen molar-refractivity contribution in [3.63, 3.8) is 0 Å². The summed E-state index contributed by atoms with van der Waals surface area (Å²) in [7, 11) is 0.766. The normalized spacial score (nSPS) is 11.4. The summed E-state index contributed by atoms with van der Waals surface area (Å²) < 4.78 is 0. The predicted octanol–water partition coefficient (Wildman–Crippen LogP) is -0.257. The molecule has 44 valence electrons. The zero-order valence-corrected chi connectivity index (χ0v) is 5.62. The number of rotatable bonds is 1. The molecule has 0 aromatic rings. The van der Waals surface area contributed by atoms with E-state index in [1.807, 2.05) is 0 Å². The van der Waals surface area contributed by atoms with Gasteiger partial charge in [-0.05, 0) is 6.92 Å². The second-order valence-corrected chi connectivity index (χ2v) is 5.04. The topological polar surface area (TPSA) is 60.7 Å². The van der Waals surface area contributed by atoms with Crippen LogP contribution >= 0.6 is 6.72 Å². The molecule has 0 atom stereocenters. The average molecular weight is 143 g/mol. The fourth-order valence-electron chi connectivity index (χ4n) is 0.173. The van der Waals surface area contributed by atoms with Gasteiger partial charge in [-0.15, -0.1) is 0 Å². The Morgan fingerprint density at radius 1 is 1.43 bits per heavy atom. The highest BCUT2D eigenvalue weighted by Crippen LogP contribution is 2.30. The van der Waals surface area contributed by atoms with Gasteiger partial charge in [-0.25, -0.2) is 0 Å². The minimum atomic E-state index is -3.50. The molecule has 0 unspecified atom stereocenters. The zero-order chi connectivity index (χ0) is 5.91. The molecule has 0 aliphatic rings. The van der Waals surface area contributed by atoms with Gasteiger partial charge in [0.15, 0.2) is 5.75 Å². The fraction of sp³-hybridized carbons (Fsp3) is 1.00. The van der Waals surface area contributed by atoms with Crippen molar-refractivity contribution in [2.45, 2.75) is 6.92 Å². The van der Waals surface area contributed by atoms with Gasteiger partial charge in [-0.3, -0.25) is 14.7 Å². The van der Waals surface area contributed by atoms with Crippen molar-refractivity contribution in [3.05, 3.63) is 0 Å². The molecule has 0 bridgehead atoms. The first-order valence-electron chi connectivity index (χ1n) is 1.78. The average Bonchev–Trinajstić information content (AvgIpc) is 1.30. The third-order valence-electron chi connectivity index (χ3n) is 0.302. The van der Waals surface area contributed by atoms with E-state index in [4.69, 9.17) is 14.7 Å². The lowest BCUT2D eigenvalue weighted by atomic mass is 11.0. The Balaban J connectivity index is 3.73. The highest BCUT2D eigenvalue weighted by molar-refractivity contribution is 8.16. The molecule has 0 fully saturated rings. The molecule has 0 saturated heterocycles. The third-order valence-corrected chi connectivity index (χ3v) is 2.72. The Morgan fingerprint density at radius 2 is 1.86 bits per heavy atom. The van der Waals surface area contributed by atoms with Crippen molar-refractivity contribution < 1.29 is 14.7 Å². The minimum Gasteiger partial charge on any atom is -0.290 e. The van der Waals surface area contributed by atoms with Crippen molar-refractivity contribution >= 4 is 17.7 Å². The molecular formula is C2H8O3PS+. The molecule has 3 nitrogen and oxygen atoms in total. The SMILES string of the molecule is CC[S+]=P(O)(O)O. The lowest BCUT2D eigenvalue weighted by molar-refractivity contribution is 0.363. The summed E-state index contributed by atoms with van der Waals surface area (Å²) in [6, 6.07) is 0. The second-order valence-electron chi connectivity index (χ2n) is 0.931. The molecule has 0 aliphatic carbocycles. The molecule has 0 aromatic carbocycles. The van der Waals surface area contributed by atoms with Crippen molar-refractivity contribution in [2.24, 2.45) is 0 Å². The molecule has 5 heteroatoms. The van der Waals surface area contributed by atoms with Crippen molar-refractivity contribution in [1.29, 1.82) is 0 Å². The van der Waals surface area contributed by atoms with Gasteiger partial charge >= 0.3 is 6.72 Å². The largest absolute Gasteiger partial charge is 0.515 e. The van der Waals surface area contributed by atoms with Crippen LogP contribution in [-0.4, -0.2) is 20.4 Å². The van der Waals surface area contributed by atoms with Gasteiger partial charge in [0.05, 0.1) is 0 Å². The Labute approximate surface area is 45.8 Å². The molecule has 0 saturated carbocycles. The van der Waals surface area contributed by atoms with Crippen LogP contribution in [0.2, 0.25) is 0 Å². The van der Waals surface area contributed by atoms with E-state index in [0.29, 0.717) is 5.75 Å². The van der Waals surface area contributed by atoms with Crippen LogP contribution in [0.5, 0.6) is 0 Å². The van der Waals surface area contributed by atoms with E-state index in [9.17, 15) is 0 Å². The van der Waals surface area contributed by atoms with Gasteiger partial charge in [-0.1, -0.05) is 0 Å². The molecule has 0 radical (unpaired) electrons. The van der Waals surface area contributed by atoms with E-state index in [1.54, 1.807) is 6.92 Å². The molecule has 0 rings (SSSR count). The minimum absolute atomic E-state index is 0.525. The summed E-state index contributed by atoms with van der Waals surface area (Å²) in [5, 5.41) is 0.